The van der Waals surface area contributed by atoms with E-state index in [1.165, 1.54) is 0 Å². The Kier molecular flexibility index (Phi) is 6.88. The van der Waals surface area contributed by atoms with Gasteiger partial charge in [0.05, 0.1) is 12.9 Å². The zero-order chi connectivity index (χ0) is 24.1. The summed E-state index contributed by atoms with van der Waals surface area (Å²) in [6.45, 7) is -1.01. The van der Waals surface area contributed by atoms with Gasteiger partial charge < -0.3 is 40.3 Å². The molecule has 1 amide bonds. The number of guanidine groups is 1. The standard InChI is InChI=1S/C10H16N5O14P3/c11-10-13-7-4(8(18)14-10)12-2-15(7)9-6(17)5(16)3(27-9)1-26-31(22,23)29-32(24,25)28-30(19,20)21/h2-6,9,16-17H,1H2,(H,22,23)(H,24,25)(H2,11,14,18)(H2,19,20,21)/t3-,4?,5+,6+,9+/m1/s1. The lowest BCUT2D eigenvalue weighted by atomic mass is 10.1. The van der Waals surface area contributed by atoms with Crippen LogP contribution in [0.15, 0.2) is 15.0 Å². The van der Waals surface area contributed by atoms with Crippen LogP contribution in [0.1, 0.15) is 0 Å². The lowest BCUT2D eigenvalue weighted by Gasteiger charge is -2.27. The number of aliphatic hydroxyl groups is 2. The number of amidine groups is 1. The monoisotopic (exact) mass is 523 g/mol. The van der Waals surface area contributed by atoms with Gasteiger partial charge in [-0.3, -0.25) is 19.2 Å². The second-order valence-electron chi connectivity index (χ2n) is 6.29. The van der Waals surface area contributed by atoms with Gasteiger partial charge in [0.15, 0.2) is 18.1 Å². The first kappa shape index (κ1) is 25.2. The lowest BCUT2D eigenvalue weighted by Crippen LogP contribution is -2.49. The topological polar surface area (TPSA) is 293 Å². The molecule has 0 aromatic rings. The highest BCUT2D eigenvalue weighted by molar-refractivity contribution is 7.66. The maximum Gasteiger partial charge on any atom is 0.490 e. The average molecular weight is 523 g/mol. The number of phosphoric ester groups is 1. The highest BCUT2D eigenvalue weighted by atomic mass is 31.3. The normalized spacial score (nSPS) is 34.0. The van der Waals surface area contributed by atoms with E-state index >= 15 is 0 Å². The summed E-state index contributed by atoms with van der Waals surface area (Å²) in [5.41, 5.74) is 5.43. The number of phosphoric acid groups is 3. The zero-order valence-electron chi connectivity index (χ0n) is 15.3. The molecule has 22 heteroatoms. The van der Waals surface area contributed by atoms with E-state index in [1.807, 2.05) is 0 Å². The quantitative estimate of drug-likeness (QED) is 0.154. The largest absolute Gasteiger partial charge is 0.490 e. The number of rotatable bonds is 8. The summed E-state index contributed by atoms with van der Waals surface area (Å²) in [5, 5.41) is 20.4. The van der Waals surface area contributed by atoms with Gasteiger partial charge in [0.1, 0.15) is 18.3 Å². The van der Waals surface area contributed by atoms with Crippen LogP contribution in [0.25, 0.3) is 0 Å². The molecule has 3 aliphatic heterocycles. The van der Waals surface area contributed by atoms with E-state index in [0.29, 0.717) is 0 Å². The van der Waals surface area contributed by atoms with Crippen LogP contribution >= 0.6 is 23.5 Å². The van der Waals surface area contributed by atoms with Gasteiger partial charge in [-0.15, -0.1) is 0 Å². The number of fused-ring (bicyclic) bond motifs is 1. The number of hydrogen-bond donors (Lipinski definition) is 7. The first-order chi connectivity index (χ1) is 14.6. The van der Waals surface area contributed by atoms with Crippen molar-refractivity contribution in [2.45, 2.75) is 30.6 Å². The summed E-state index contributed by atoms with van der Waals surface area (Å²) in [7, 11) is -16.8. The third-order valence-electron chi connectivity index (χ3n) is 3.97. The van der Waals surface area contributed by atoms with E-state index in [2.05, 4.69) is 28.1 Å². The molecule has 0 aromatic heterocycles. The minimum Gasteiger partial charge on any atom is -0.387 e. The molecule has 3 aliphatic rings. The Bertz CT molecular complexity index is 1020. The average Bonchev–Trinajstić information content (AvgIpc) is 3.12. The number of nitrogens with zero attached hydrogens (tertiary/aromatic N) is 4. The van der Waals surface area contributed by atoms with Crippen molar-refractivity contribution in [1.82, 2.24) is 4.90 Å². The van der Waals surface area contributed by atoms with Gasteiger partial charge in [-0.05, 0) is 0 Å². The first-order valence-electron chi connectivity index (χ1n) is 8.17. The van der Waals surface area contributed by atoms with Crippen molar-refractivity contribution in [3.05, 3.63) is 0 Å². The van der Waals surface area contributed by atoms with E-state index in [-0.39, 0.29) is 11.8 Å². The molecule has 19 nitrogen and oxygen atoms in total. The third kappa shape index (κ3) is 5.73. The number of aliphatic hydroxyl groups excluding tert-OH is 2. The fourth-order valence-electron chi connectivity index (χ4n) is 2.78. The van der Waals surface area contributed by atoms with Crippen LogP contribution in [-0.4, -0.2) is 95.9 Å². The van der Waals surface area contributed by atoms with Gasteiger partial charge in [0.25, 0.3) is 5.91 Å². The van der Waals surface area contributed by atoms with E-state index in [0.717, 1.165) is 11.2 Å². The number of amides is 1. The number of carbonyl (C=O) groups is 1. The van der Waals surface area contributed by atoms with Gasteiger partial charge in [0, 0.05) is 0 Å². The van der Waals surface area contributed by atoms with Crippen LogP contribution < -0.4 is 5.73 Å². The van der Waals surface area contributed by atoms with Crippen LogP contribution in [0.5, 0.6) is 0 Å². The van der Waals surface area contributed by atoms with Crippen LogP contribution in [-0.2, 0) is 36.4 Å². The molecule has 1 fully saturated rings. The molecular formula is C10H16N5O14P3. The molecule has 0 bridgehead atoms. The zero-order valence-corrected chi connectivity index (χ0v) is 18.0. The van der Waals surface area contributed by atoms with Crippen molar-refractivity contribution >= 4 is 47.5 Å². The van der Waals surface area contributed by atoms with E-state index in [4.69, 9.17) is 25.2 Å². The number of aliphatic imine (C=N–C) groups is 3. The molecule has 0 aliphatic carbocycles. The van der Waals surface area contributed by atoms with Crippen LogP contribution in [0, 0.1) is 0 Å². The Morgan fingerprint density at radius 2 is 1.72 bits per heavy atom. The van der Waals surface area contributed by atoms with Gasteiger partial charge in [0.2, 0.25) is 5.96 Å². The summed E-state index contributed by atoms with van der Waals surface area (Å²) < 4.78 is 50.6. The third-order valence-corrected chi connectivity index (χ3v) is 7.77. The molecule has 1 saturated heterocycles. The van der Waals surface area contributed by atoms with Crippen molar-refractivity contribution in [2.24, 2.45) is 20.7 Å². The molecule has 0 aromatic carbocycles. The van der Waals surface area contributed by atoms with E-state index in [1.54, 1.807) is 0 Å². The second kappa shape index (κ2) is 8.73. The molecule has 3 rings (SSSR count). The van der Waals surface area contributed by atoms with Crippen molar-refractivity contribution in [3.8, 4) is 0 Å². The SMILES string of the molecule is NC1=NC(=O)C2N=CN([C@H]3O[C@H](COP(=O)(O)OP(=O)(O)OP(=O)(O)O)[C@H](O)[C@@H]3O)C2=N1. The first-order valence-corrected chi connectivity index (χ1v) is 12.7. The Hall–Kier alpha value is -1.43. The molecule has 7 atom stereocenters. The maximum absolute atomic E-state index is 11.8. The molecule has 3 heterocycles. The van der Waals surface area contributed by atoms with Gasteiger partial charge in [-0.2, -0.15) is 18.6 Å². The van der Waals surface area contributed by atoms with Crippen LogP contribution in [0.2, 0.25) is 0 Å². The minimum atomic E-state index is -5.73. The fraction of sp³-hybridized carbons (Fsp3) is 0.600. The summed E-state index contributed by atoms with van der Waals surface area (Å²) >= 11 is 0. The van der Waals surface area contributed by atoms with Crippen LogP contribution in [0.4, 0.5) is 0 Å². The number of carbonyl (C=O) groups excluding carboxylic acids is 1. The molecule has 8 N–H and O–H groups in total. The lowest BCUT2D eigenvalue weighted by molar-refractivity contribution is -0.117. The Morgan fingerprint density at radius 1 is 1.06 bits per heavy atom. The van der Waals surface area contributed by atoms with Gasteiger partial charge in [-0.1, -0.05) is 0 Å². The summed E-state index contributed by atoms with van der Waals surface area (Å²) in [5.74, 6) is -1.18. The number of nitrogens with two attached hydrogens (primary N) is 1. The molecular weight excluding hydrogens is 507 g/mol. The smallest absolute Gasteiger partial charge is 0.387 e. The number of hydrogen-bond acceptors (Lipinski definition) is 14. The van der Waals surface area contributed by atoms with Crippen molar-refractivity contribution < 1.29 is 66.2 Å². The summed E-state index contributed by atoms with van der Waals surface area (Å²) in [4.78, 5) is 59.6. The van der Waals surface area contributed by atoms with E-state index < -0.39 is 66.6 Å². The Morgan fingerprint density at radius 3 is 2.34 bits per heavy atom. The Labute approximate surface area is 177 Å². The van der Waals surface area contributed by atoms with Crippen LogP contribution in [0.3, 0.4) is 0 Å². The van der Waals surface area contributed by atoms with Crippen molar-refractivity contribution in [2.75, 3.05) is 6.61 Å². The Balaban J connectivity index is 1.65. The summed E-state index contributed by atoms with van der Waals surface area (Å²) in [6, 6.07) is -1.15. The molecule has 0 spiro atoms. The van der Waals surface area contributed by atoms with Crippen molar-refractivity contribution in [1.29, 1.82) is 0 Å². The fourth-order valence-corrected chi connectivity index (χ4v) is 5.81. The molecule has 3 unspecified atom stereocenters. The van der Waals surface area contributed by atoms with Gasteiger partial charge >= 0.3 is 23.5 Å². The highest BCUT2D eigenvalue weighted by Gasteiger charge is 2.50. The summed E-state index contributed by atoms with van der Waals surface area (Å²) in [6.07, 6.45) is -5.30. The van der Waals surface area contributed by atoms with Gasteiger partial charge in [-0.25, -0.2) is 13.7 Å². The molecule has 0 saturated carbocycles. The predicted octanol–water partition coefficient (Wildman–Crippen LogP) is -3.26. The minimum absolute atomic E-state index is 0.0627. The molecule has 32 heavy (non-hydrogen) atoms. The molecule has 0 radical (unpaired) electrons. The van der Waals surface area contributed by atoms with Crippen molar-refractivity contribution in [3.63, 3.8) is 0 Å². The number of ether oxygens (including phenoxy) is 1. The highest BCUT2D eigenvalue weighted by Crippen LogP contribution is 2.66. The predicted molar refractivity (Wildman–Crippen MR) is 98.7 cm³/mol. The van der Waals surface area contributed by atoms with E-state index in [9.17, 15) is 33.6 Å². The molecule has 180 valence electrons. The maximum atomic E-state index is 11.8. The second-order valence-corrected chi connectivity index (χ2v) is 10.7.